The number of rotatable bonds is 6. The molecule has 0 radical (unpaired) electrons. The SMILES string of the molecule is CCOC(=O)CN(C)C(=O)CCN1C(=O)CCC1=O. The van der Waals surface area contributed by atoms with Crippen molar-refractivity contribution >= 4 is 23.7 Å². The van der Waals surface area contributed by atoms with Gasteiger partial charge in [0.05, 0.1) is 6.61 Å². The molecule has 1 rings (SSSR count). The quantitative estimate of drug-likeness (QED) is 0.482. The van der Waals surface area contributed by atoms with Crippen molar-refractivity contribution in [1.29, 1.82) is 0 Å². The molecular weight excluding hydrogens is 252 g/mol. The van der Waals surface area contributed by atoms with Crippen LogP contribution in [0.2, 0.25) is 0 Å². The monoisotopic (exact) mass is 270 g/mol. The number of likely N-dealkylation sites (N-methyl/N-ethyl adjacent to an activating group) is 1. The van der Waals surface area contributed by atoms with Gasteiger partial charge in [0, 0.05) is 32.9 Å². The van der Waals surface area contributed by atoms with Crippen LogP contribution in [0.25, 0.3) is 0 Å². The lowest BCUT2D eigenvalue weighted by molar-refractivity contribution is -0.148. The zero-order valence-electron chi connectivity index (χ0n) is 11.2. The molecule has 7 heteroatoms. The molecule has 1 aliphatic rings. The van der Waals surface area contributed by atoms with E-state index in [0.717, 1.165) is 4.90 Å². The number of esters is 1. The van der Waals surface area contributed by atoms with Crippen LogP contribution in [-0.2, 0) is 23.9 Å². The lowest BCUT2D eigenvalue weighted by Crippen LogP contribution is -2.37. The molecule has 1 fully saturated rings. The highest BCUT2D eigenvalue weighted by atomic mass is 16.5. The van der Waals surface area contributed by atoms with Gasteiger partial charge in [-0.2, -0.15) is 0 Å². The number of nitrogens with zero attached hydrogens (tertiary/aromatic N) is 2. The average Bonchev–Trinajstić information content (AvgIpc) is 2.66. The highest BCUT2D eigenvalue weighted by molar-refractivity contribution is 6.02. The fourth-order valence-electron chi connectivity index (χ4n) is 1.76. The molecule has 0 N–H and O–H groups in total. The molecule has 0 unspecified atom stereocenters. The van der Waals surface area contributed by atoms with Crippen LogP contribution in [0.4, 0.5) is 0 Å². The molecule has 0 atom stereocenters. The number of imide groups is 1. The van der Waals surface area contributed by atoms with Gasteiger partial charge in [-0.25, -0.2) is 0 Å². The smallest absolute Gasteiger partial charge is 0.325 e. The molecule has 0 aromatic rings. The van der Waals surface area contributed by atoms with Crippen LogP contribution in [0.5, 0.6) is 0 Å². The maximum atomic E-state index is 11.7. The zero-order valence-corrected chi connectivity index (χ0v) is 11.2. The van der Waals surface area contributed by atoms with E-state index in [1.807, 2.05) is 0 Å². The topological polar surface area (TPSA) is 84.0 Å². The van der Waals surface area contributed by atoms with Gasteiger partial charge >= 0.3 is 5.97 Å². The second-order valence-electron chi connectivity index (χ2n) is 4.24. The zero-order chi connectivity index (χ0) is 14.4. The van der Waals surface area contributed by atoms with E-state index < -0.39 is 5.97 Å². The first-order chi connectivity index (χ1) is 8.95. The van der Waals surface area contributed by atoms with Crippen molar-refractivity contribution in [1.82, 2.24) is 9.80 Å². The third kappa shape index (κ3) is 4.35. The molecule has 0 aliphatic carbocycles. The minimum atomic E-state index is -0.480. The van der Waals surface area contributed by atoms with Gasteiger partial charge in [-0.3, -0.25) is 24.1 Å². The fraction of sp³-hybridized carbons (Fsp3) is 0.667. The molecule has 3 amide bonds. The minimum absolute atomic E-state index is 0.0212. The van der Waals surface area contributed by atoms with Crippen LogP contribution in [0, 0.1) is 0 Å². The van der Waals surface area contributed by atoms with Crippen molar-refractivity contribution in [2.24, 2.45) is 0 Å². The number of carbonyl (C=O) groups is 4. The van der Waals surface area contributed by atoms with Crippen molar-refractivity contribution in [3.05, 3.63) is 0 Å². The second-order valence-corrected chi connectivity index (χ2v) is 4.24. The van der Waals surface area contributed by atoms with Crippen LogP contribution in [0.3, 0.4) is 0 Å². The molecule has 0 aromatic heterocycles. The van der Waals surface area contributed by atoms with E-state index in [-0.39, 0.29) is 56.7 Å². The number of carbonyl (C=O) groups excluding carboxylic acids is 4. The largest absolute Gasteiger partial charge is 0.465 e. The summed E-state index contributed by atoms with van der Waals surface area (Å²) in [5.74, 6) is -1.27. The van der Waals surface area contributed by atoms with Crippen molar-refractivity contribution in [3.63, 3.8) is 0 Å². The molecule has 0 saturated carbocycles. The normalized spacial score (nSPS) is 14.7. The number of ether oxygens (including phenoxy) is 1. The first-order valence-electron chi connectivity index (χ1n) is 6.18. The van der Waals surface area contributed by atoms with Crippen molar-refractivity contribution in [2.75, 3.05) is 26.7 Å². The third-order valence-electron chi connectivity index (χ3n) is 2.80. The summed E-state index contributed by atoms with van der Waals surface area (Å²) in [6, 6.07) is 0. The predicted octanol–water partition coefficient (Wildman–Crippen LogP) is -0.453. The van der Waals surface area contributed by atoms with Crippen molar-refractivity contribution < 1.29 is 23.9 Å². The Morgan fingerprint density at radius 3 is 2.37 bits per heavy atom. The van der Waals surface area contributed by atoms with E-state index in [9.17, 15) is 19.2 Å². The summed E-state index contributed by atoms with van der Waals surface area (Å²) in [7, 11) is 1.48. The highest BCUT2D eigenvalue weighted by Gasteiger charge is 2.29. The molecule has 0 bridgehead atoms. The molecule has 1 saturated heterocycles. The fourth-order valence-corrected chi connectivity index (χ4v) is 1.76. The van der Waals surface area contributed by atoms with Gasteiger partial charge in [-0.05, 0) is 6.92 Å². The lowest BCUT2D eigenvalue weighted by atomic mass is 10.3. The van der Waals surface area contributed by atoms with Crippen LogP contribution in [0.15, 0.2) is 0 Å². The van der Waals surface area contributed by atoms with Gasteiger partial charge < -0.3 is 9.64 Å². The van der Waals surface area contributed by atoms with Gasteiger partial charge in [0.1, 0.15) is 6.54 Å². The van der Waals surface area contributed by atoms with Gasteiger partial charge in [-0.15, -0.1) is 0 Å². The van der Waals surface area contributed by atoms with Crippen molar-refractivity contribution in [3.8, 4) is 0 Å². The summed E-state index contributed by atoms with van der Waals surface area (Å²) >= 11 is 0. The molecule has 1 heterocycles. The molecule has 1 aliphatic heterocycles. The van der Waals surface area contributed by atoms with Crippen LogP contribution in [0.1, 0.15) is 26.2 Å². The summed E-state index contributed by atoms with van der Waals surface area (Å²) in [6.07, 6.45) is 0.449. The molecular formula is C12H18N2O5. The number of hydrogen-bond acceptors (Lipinski definition) is 5. The Balaban J connectivity index is 2.36. The van der Waals surface area contributed by atoms with Crippen LogP contribution >= 0.6 is 0 Å². The first kappa shape index (κ1) is 15.1. The Kier molecular flexibility index (Phi) is 5.47. The van der Waals surface area contributed by atoms with E-state index in [4.69, 9.17) is 4.74 Å². The van der Waals surface area contributed by atoms with Gasteiger partial charge in [0.15, 0.2) is 0 Å². The lowest BCUT2D eigenvalue weighted by Gasteiger charge is -2.18. The molecule has 0 spiro atoms. The average molecular weight is 270 g/mol. The minimum Gasteiger partial charge on any atom is -0.465 e. The van der Waals surface area contributed by atoms with E-state index in [2.05, 4.69) is 0 Å². The Labute approximate surface area is 111 Å². The summed E-state index contributed by atoms with van der Waals surface area (Å²) in [4.78, 5) is 47.9. The van der Waals surface area contributed by atoms with Gasteiger partial charge in [0.2, 0.25) is 17.7 Å². The van der Waals surface area contributed by atoms with E-state index in [1.54, 1.807) is 6.92 Å². The Morgan fingerprint density at radius 2 is 1.84 bits per heavy atom. The van der Waals surface area contributed by atoms with E-state index >= 15 is 0 Å². The first-order valence-corrected chi connectivity index (χ1v) is 6.18. The van der Waals surface area contributed by atoms with Crippen LogP contribution in [-0.4, -0.2) is 60.2 Å². The van der Waals surface area contributed by atoms with Crippen LogP contribution < -0.4 is 0 Å². The molecule has 7 nitrogen and oxygen atoms in total. The second kappa shape index (κ2) is 6.86. The number of amides is 3. The number of hydrogen-bond donors (Lipinski definition) is 0. The Bertz CT molecular complexity index is 378. The van der Waals surface area contributed by atoms with E-state index in [1.165, 1.54) is 11.9 Å². The van der Waals surface area contributed by atoms with Gasteiger partial charge in [-0.1, -0.05) is 0 Å². The molecule has 106 valence electrons. The highest BCUT2D eigenvalue weighted by Crippen LogP contribution is 2.12. The van der Waals surface area contributed by atoms with Crippen molar-refractivity contribution in [2.45, 2.75) is 26.2 Å². The Hall–Kier alpha value is -1.92. The molecule has 0 aromatic carbocycles. The summed E-state index contributed by atoms with van der Waals surface area (Å²) in [5, 5.41) is 0. The summed E-state index contributed by atoms with van der Waals surface area (Å²) in [5.41, 5.74) is 0. The van der Waals surface area contributed by atoms with Gasteiger partial charge in [0.25, 0.3) is 0 Å². The maximum Gasteiger partial charge on any atom is 0.325 e. The standard InChI is InChI=1S/C12H18N2O5/c1-3-19-12(18)8-13(2)9(15)6-7-14-10(16)4-5-11(14)17/h3-8H2,1-2H3. The molecule has 19 heavy (non-hydrogen) atoms. The summed E-state index contributed by atoms with van der Waals surface area (Å²) < 4.78 is 4.72. The Morgan fingerprint density at radius 1 is 1.26 bits per heavy atom. The predicted molar refractivity (Wildman–Crippen MR) is 64.8 cm³/mol. The summed E-state index contributed by atoms with van der Waals surface area (Å²) in [6.45, 7) is 1.89. The maximum absolute atomic E-state index is 11.7. The van der Waals surface area contributed by atoms with E-state index in [0.29, 0.717) is 0 Å². The number of likely N-dealkylation sites (tertiary alicyclic amines) is 1. The third-order valence-corrected chi connectivity index (χ3v) is 2.80.